The Bertz CT molecular complexity index is 744. The first-order chi connectivity index (χ1) is 10.0. The summed E-state index contributed by atoms with van der Waals surface area (Å²) in [5, 5.41) is 4.46. The van der Waals surface area contributed by atoms with Crippen molar-refractivity contribution in [3.8, 4) is 0 Å². The molecule has 1 atom stereocenters. The van der Waals surface area contributed by atoms with Gasteiger partial charge in [0.2, 0.25) is 5.91 Å². The third-order valence-electron chi connectivity index (χ3n) is 3.08. The second-order valence-corrected chi connectivity index (χ2v) is 4.51. The summed E-state index contributed by atoms with van der Waals surface area (Å²) < 4.78 is 6.42. The highest BCUT2D eigenvalue weighted by Crippen LogP contribution is 2.29. The van der Waals surface area contributed by atoms with Gasteiger partial charge in [-0.15, -0.1) is 0 Å². The molecule has 0 N–H and O–H groups in total. The van der Waals surface area contributed by atoms with E-state index in [9.17, 15) is 9.59 Å². The van der Waals surface area contributed by atoms with E-state index in [1.54, 1.807) is 12.3 Å². The Morgan fingerprint density at radius 2 is 2.10 bits per heavy atom. The number of ether oxygens (including phenoxy) is 1. The number of benzene rings is 1. The molecule has 0 spiro atoms. The zero-order valence-electron chi connectivity index (χ0n) is 11.7. The molecule has 0 radical (unpaired) electrons. The topological polar surface area (TPSA) is 97.1 Å². The van der Waals surface area contributed by atoms with Crippen LogP contribution in [0.5, 0.6) is 0 Å². The number of hydrogen-bond acceptors (Lipinski definition) is 4. The van der Waals surface area contributed by atoms with Crippen molar-refractivity contribution in [1.29, 1.82) is 0 Å². The highest BCUT2D eigenvalue weighted by atomic mass is 16.5. The van der Waals surface area contributed by atoms with Crippen LogP contribution in [0, 0.1) is 0 Å². The Hall–Kier alpha value is -2.79. The summed E-state index contributed by atoms with van der Waals surface area (Å²) in [4.78, 5) is 25.4. The van der Waals surface area contributed by atoms with Crippen LogP contribution in [0.4, 0.5) is 0 Å². The van der Waals surface area contributed by atoms with Gasteiger partial charge in [0.25, 0.3) is 0 Å². The van der Waals surface area contributed by atoms with E-state index in [-0.39, 0.29) is 12.5 Å². The van der Waals surface area contributed by atoms with Crippen molar-refractivity contribution in [1.82, 2.24) is 4.57 Å². The standard InChI is InChI=1S/C14H14N4O3/c1-9(19)18-7-12(11-5-3-4-6-14(11)18)13(16-17-15)8-21-10(2)20/h3-7,13H,8H2,1-2H3/t13-/m1/s1. The summed E-state index contributed by atoms with van der Waals surface area (Å²) in [5.74, 6) is -0.604. The predicted octanol–water partition coefficient (Wildman–Crippen LogP) is 3.22. The lowest BCUT2D eigenvalue weighted by Gasteiger charge is -2.10. The molecule has 108 valence electrons. The third kappa shape index (κ3) is 3.04. The van der Waals surface area contributed by atoms with Crippen molar-refractivity contribution < 1.29 is 14.3 Å². The summed E-state index contributed by atoms with van der Waals surface area (Å²) in [5.41, 5.74) is 10.1. The van der Waals surface area contributed by atoms with Crippen LogP contribution in [-0.2, 0) is 9.53 Å². The molecule has 0 fully saturated rings. The molecule has 2 rings (SSSR count). The van der Waals surface area contributed by atoms with Gasteiger partial charge in [-0.3, -0.25) is 14.2 Å². The third-order valence-corrected chi connectivity index (χ3v) is 3.08. The highest BCUT2D eigenvalue weighted by Gasteiger charge is 2.19. The normalized spacial score (nSPS) is 11.7. The maximum Gasteiger partial charge on any atom is 0.302 e. The Labute approximate surface area is 120 Å². The minimum Gasteiger partial charge on any atom is -0.465 e. The molecule has 0 bridgehead atoms. The molecule has 0 amide bonds. The zero-order valence-corrected chi connectivity index (χ0v) is 11.7. The van der Waals surface area contributed by atoms with Crippen molar-refractivity contribution >= 4 is 22.8 Å². The van der Waals surface area contributed by atoms with Gasteiger partial charge in [-0.05, 0) is 17.2 Å². The van der Waals surface area contributed by atoms with E-state index < -0.39 is 12.0 Å². The van der Waals surface area contributed by atoms with Crippen molar-refractivity contribution in [3.05, 3.63) is 46.5 Å². The molecular weight excluding hydrogens is 272 g/mol. The fourth-order valence-corrected chi connectivity index (χ4v) is 2.18. The van der Waals surface area contributed by atoms with Gasteiger partial charge in [0.1, 0.15) is 6.61 Å². The van der Waals surface area contributed by atoms with Crippen molar-refractivity contribution in [2.75, 3.05) is 6.61 Å². The molecule has 2 aromatic rings. The van der Waals surface area contributed by atoms with E-state index >= 15 is 0 Å². The van der Waals surface area contributed by atoms with Crippen molar-refractivity contribution in [2.45, 2.75) is 19.9 Å². The maximum absolute atomic E-state index is 11.7. The number of nitrogens with zero attached hydrogens (tertiary/aromatic N) is 4. The quantitative estimate of drug-likeness (QED) is 0.373. The molecule has 7 nitrogen and oxygen atoms in total. The Morgan fingerprint density at radius 3 is 2.71 bits per heavy atom. The molecule has 0 aliphatic carbocycles. The lowest BCUT2D eigenvalue weighted by molar-refractivity contribution is -0.141. The van der Waals surface area contributed by atoms with Gasteiger partial charge in [0.05, 0.1) is 11.6 Å². The zero-order chi connectivity index (χ0) is 15.4. The number of aromatic nitrogens is 1. The first kappa shape index (κ1) is 14.6. The van der Waals surface area contributed by atoms with Gasteiger partial charge in [-0.2, -0.15) is 0 Å². The molecule has 1 aromatic heterocycles. The monoisotopic (exact) mass is 286 g/mol. The number of carbonyl (C=O) groups excluding carboxylic acids is 2. The van der Waals surface area contributed by atoms with Crippen LogP contribution in [0.2, 0.25) is 0 Å². The van der Waals surface area contributed by atoms with Crippen LogP contribution < -0.4 is 0 Å². The lowest BCUT2D eigenvalue weighted by atomic mass is 10.1. The largest absolute Gasteiger partial charge is 0.465 e. The fraction of sp³-hybridized carbons (Fsp3) is 0.286. The summed E-state index contributed by atoms with van der Waals surface area (Å²) in [6, 6.07) is 6.61. The Kier molecular flexibility index (Phi) is 4.25. The Balaban J connectivity index is 2.54. The number of carbonyl (C=O) groups is 2. The first-order valence-electron chi connectivity index (χ1n) is 6.33. The molecule has 21 heavy (non-hydrogen) atoms. The highest BCUT2D eigenvalue weighted by molar-refractivity contribution is 5.93. The van der Waals surface area contributed by atoms with Crippen LogP contribution in [-0.4, -0.2) is 23.1 Å². The fourth-order valence-electron chi connectivity index (χ4n) is 2.18. The van der Waals surface area contributed by atoms with E-state index in [2.05, 4.69) is 10.0 Å². The molecule has 7 heteroatoms. The minimum atomic E-state index is -0.676. The van der Waals surface area contributed by atoms with E-state index in [1.165, 1.54) is 18.4 Å². The van der Waals surface area contributed by atoms with E-state index in [1.807, 2.05) is 18.2 Å². The second kappa shape index (κ2) is 6.11. The van der Waals surface area contributed by atoms with Crippen LogP contribution in [0.1, 0.15) is 30.2 Å². The van der Waals surface area contributed by atoms with Crippen LogP contribution in [0.15, 0.2) is 35.6 Å². The summed E-state index contributed by atoms with van der Waals surface area (Å²) in [7, 11) is 0. The van der Waals surface area contributed by atoms with Gasteiger partial charge in [-0.25, -0.2) is 0 Å². The first-order valence-corrected chi connectivity index (χ1v) is 6.33. The van der Waals surface area contributed by atoms with Crippen molar-refractivity contribution in [3.63, 3.8) is 0 Å². The van der Waals surface area contributed by atoms with Crippen LogP contribution >= 0.6 is 0 Å². The predicted molar refractivity (Wildman–Crippen MR) is 76.8 cm³/mol. The number of rotatable bonds is 4. The number of hydrogen-bond donors (Lipinski definition) is 0. The van der Waals surface area contributed by atoms with Gasteiger partial charge in [0, 0.05) is 30.3 Å². The van der Waals surface area contributed by atoms with E-state index in [0.29, 0.717) is 5.56 Å². The Morgan fingerprint density at radius 1 is 1.38 bits per heavy atom. The molecule has 0 aliphatic rings. The minimum absolute atomic E-state index is 0.0642. The SMILES string of the molecule is CC(=O)OC[C@@H](N=[N+]=[N-])c1cn(C(C)=O)c2ccccc12. The maximum atomic E-state index is 11.7. The smallest absolute Gasteiger partial charge is 0.302 e. The van der Waals surface area contributed by atoms with Crippen LogP contribution in [0.3, 0.4) is 0 Å². The number of fused-ring (bicyclic) bond motifs is 1. The van der Waals surface area contributed by atoms with E-state index in [4.69, 9.17) is 10.3 Å². The molecule has 1 aromatic carbocycles. The van der Waals surface area contributed by atoms with Gasteiger partial charge >= 0.3 is 5.97 Å². The molecule has 0 saturated carbocycles. The number of azide groups is 1. The number of para-hydroxylation sites is 1. The molecule has 0 aliphatic heterocycles. The number of esters is 1. The van der Waals surface area contributed by atoms with Crippen LogP contribution in [0.25, 0.3) is 21.3 Å². The van der Waals surface area contributed by atoms with Gasteiger partial charge < -0.3 is 4.74 Å². The summed E-state index contributed by atoms with van der Waals surface area (Å²) in [6.07, 6.45) is 1.62. The average molecular weight is 286 g/mol. The summed E-state index contributed by atoms with van der Waals surface area (Å²) in [6.45, 7) is 2.67. The van der Waals surface area contributed by atoms with Gasteiger partial charge in [0.15, 0.2) is 0 Å². The van der Waals surface area contributed by atoms with Gasteiger partial charge in [-0.1, -0.05) is 23.3 Å². The van der Waals surface area contributed by atoms with E-state index in [0.717, 1.165) is 10.9 Å². The molecule has 1 heterocycles. The molecule has 0 saturated heterocycles. The lowest BCUT2D eigenvalue weighted by Crippen LogP contribution is -2.09. The average Bonchev–Trinajstić information content (AvgIpc) is 2.83. The molecular formula is C14H14N4O3. The second-order valence-electron chi connectivity index (χ2n) is 4.51. The molecule has 0 unspecified atom stereocenters. The van der Waals surface area contributed by atoms with Crippen molar-refractivity contribution in [2.24, 2.45) is 5.11 Å². The summed E-state index contributed by atoms with van der Waals surface area (Å²) >= 11 is 0.